The first-order valence-corrected chi connectivity index (χ1v) is 7.93. The minimum Gasteiger partial charge on any atom is -0.481 e. The monoisotopic (exact) mass is 295 g/mol. The number of carbonyl (C=O) groups excluding carboxylic acids is 1. The van der Waals surface area contributed by atoms with Gasteiger partial charge in [-0.25, -0.2) is 0 Å². The van der Waals surface area contributed by atoms with Gasteiger partial charge in [-0.1, -0.05) is 37.3 Å². The summed E-state index contributed by atoms with van der Waals surface area (Å²) in [5.74, 6) is -1.13. The molecule has 4 nitrogen and oxygen atoms in total. The van der Waals surface area contributed by atoms with Gasteiger partial charge in [0.05, 0.1) is 12.0 Å². The molecule has 0 aromatic heterocycles. The zero-order chi connectivity index (χ0) is 15.1. The van der Waals surface area contributed by atoms with Crippen molar-refractivity contribution in [2.45, 2.75) is 19.9 Å². The van der Waals surface area contributed by atoms with Crippen LogP contribution in [0.3, 0.4) is 0 Å². The Morgan fingerprint density at radius 1 is 1.25 bits per heavy atom. The molecule has 3 atom stereocenters. The van der Waals surface area contributed by atoms with E-state index in [2.05, 4.69) is 5.32 Å². The molecular formula is C15H21NO3S. The molecule has 2 N–H and O–H groups in total. The standard InChI is InChI=1S/C15H21NO3S/c1-10(9-20-3)14(17)16-13(11(2)15(18)19)12-7-5-4-6-8-12/h4-8,10-11,13H,9H2,1-3H3,(H,16,17)(H,18,19). The van der Waals surface area contributed by atoms with Crippen molar-refractivity contribution in [1.82, 2.24) is 5.32 Å². The molecule has 0 bridgehead atoms. The van der Waals surface area contributed by atoms with E-state index in [1.807, 2.05) is 43.5 Å². The molecule has 1 rings (SSSR count). The summed E-state index contributed by atoms with van der Waals surface area (Å²) < 4.78 is 0. The number of amides is 1. The molecule has 0 aliphatic heterocycles. The molecule has 0 fully saturated rings. The molecule has 0 radical (unpaired) electrons. The largest absolute Gasteiger partial charge is 0.481 e. The molecule has 0 heterocycles. The molecular weight excluding hydrogens is 274 g/mol. The molecule has 3 unspecified atom stereocenters. The van der Waals surface area contributed by atoms with E-state index in [0.29, 0.717) is 0 Å². The van der Waals surface area contributed by atoms with Crippen LogP contribution in [-0.4, -0.2) is 29.0 Å². The molecule has 0 spiro atoms. The van der Waals surface area contributed by atoms with Crippen molar-refractivity contribution in [3.05, 3.63) is 35.9 Å². The van der Waals surface area contributed by atoms with E-state index >= 15 is 0 Å². The van der Waals surface area contributed by atoms with Gasteiger partial charge in [0.2, 0.25) is 5.91 Å². The first kappa shape index (κ1) is 16.6. The van der Waals surface area contributed by atoms with E-state index in [1.165, 1.54) is 0 Å². The molecule has 0 saturated heterocycles. The summed E-state index contributed by atoms with van der Waals surface area (Å²) in [6.07, 6.45) is 1.94. The van der Waals surface area contributed by atoms with E-state index in [0.717, 1.165) is 11.3 Å². The van der Waals surface area contributed by atoms with E-state index in [1.54, 1.807) is 18.7 Å². The Morgan fingerprint density at radius 2 is 1.85 bits per heavy atom. The second-order valence-corrected chi connectivity index (χ2v) is 5.79. The molecule has 1 amide bonds. The Labute approximate surface area is 124 Å². The van der Waals surface area contributed by atoms with Crippen LogP contribution in [0, 0.1) is 11.8 Å². The number of hydrogen-bond acceptors (Lipinski definition) is 3. The summed E-state index contributed by atoms with van der Waals surface area (Å²) in [6, 6.07) is 8.71. The van der Waals surface area contributed by atoms with Gasteiger partial charge in [-0.3, -0.25) is 9.59 Å². The predicted octanol–water partition coefficient (Wildman–Crippen LogP) is 2.56. The first-order valence-electron chi connectivity index (χ1n) is 6.54. The highest BCUT2D eigenvalue weighted by atomic mass is 32.2. The van der Waals surface area contributed by atoms with Crippen LogP contribution in [0.25, 0.3) is 0 Å². The normalized spacial score (nSPS) is 15.2. The van der Waals surface area contributed by atoms with Crippen LogP contribution in [0.15, 0.2) is 30.3 Å². The summed E-state index contributed by atoms with van der Waals surface area (Å²) in [4.78, 5) is 23.4. The minimum atomic E-state index is -0.920. The molecule has 0 aliphatic rings. The molecule has 1 aromatic rings. The molecule has 0 saturated carbocycles. The van der Waals surface area contributed by atoms with Crippen molar-refractivity contribution in [3.63, 3.8) is 0 Å². The number of benzene rings is 1. The predicted molar refractivity (Wildman–Crippen MR) is 81.7 cm³/mol. The van der Waals surface area contributed by atoms with Crippen LogP contribution in [-0.2, 0) is 9.59 Å². The number of carboxylic acids is 1. The van der Waals surface area contributed by atoms with Gasteiger partial charge in [-0.2, -0.15) is 11.8 Å². The number of nitrogens with one attached hydrogen (secondary N) is 1. The van der Waals surface area contributed by atoms with Crippen LogP contribution in [0.1, 0.15) is 25.5 Å². The lowest BCUT2D eigenvalue weighted by atomic mass is 9.94. The number of hydrogen-bond donors (Lipinski definition) is 2. The summed E-state index contributed by atoms with van der Waals surface area (Å²) in [5.41, 5.74) is 0.812. The van der Waals surface area contributed by atoms with Gasteiger partial charge in [-0.15, -0.1) is 0 Å². The number of aliphatic carboxylic acids is 1. The van der Waals surface area contributed by atoms with Gasteiger partial charge in [0, 0.05) is 11.7 Å². The van der Waals surface area contributed by atoms with Gasteiger partial charge in [-0.05, 0) is 18.7 Å². The zero-order valence-corrected chi connectivity index (χ0v) is 12.8. The summed E-state index contributed by atoms with van der Waals surface area (Å²) in [7, 11) is 0. The lowest BCUT2D eigenvalue weighted by Gasteiger charge is -2.24. The quantitative estimate of drug-likeness (QED) is 0.811. The number of rotatable bonds is 7. The van der Waals surface area contributed by atoms with Crippen LogP contribution in [0.5, 0.6) is 0 Å². The van der Waals surface area contributed by atoms with Crippen LogP contribution in [0.4, 0.5) is 0 Å². The lowest BCUT2D eigenvalue weighted by molar-refractivity contribution is -0.142. The first-order chi connectivity index (χ1) is 9.47. The second-order valence-electron chi connectivity index (χ2n) is 4.88. The highest BCUT2D eigenvalue weighted by Gasteiger charge is 2.27. The highest BCUT2D eigenvalue weighted by molar-refractivity contribution is 7.98. The third-order valence-corrected chi connectivity index (χ3v) is 4.04. The van der Waals surface area contributed by atoms with Crippen molar-refractivity contribution in [1.29, 1.82) is 0 Å². The number of thioether (sulfide) groups is 1. The third-order valence-electron chi connectivity index (χ3n) is 3.21. The number of carbonyl (C=O) groups is 2. The minimum absolute atomic E-state index is 0.110. The maximum Gasteiger partial charge on any atom is 0.308 e. The van der Waals surface area contributed by atoms with Gasteiger partial charge < -0.3 is 10.4 Å². The van der Waals surface area contributed by atoms with Gasteiger partial charge in [0.15, 0.2) is 0 Å². The Kier molecular flexibility index (Phi) is 6.58. The van der Waals surface area contributed by atoms with E-state index < -0.39 is 17.9 Å². The van der Waals surface area contributed by atoms with Crippen molar-refractivity contribution in [2.24, 2.45) is 11.8 Å². The molecule has 0 aliphatic carbocycles. The summed E-state index contributed by atoms with van der Waals surface area (Å²) in [6.45, 7) is 3.46. The Hall–Kier alpha value is -1.49. The molecule has 5 heteroatoms. The van der Waals surface area contributed by atoms with Gasteiger partial charge in [0.1, 0.15) is 0 Å². The molecule has 20 heavy (non-hydrogen) atoms. The summed E-state index contributed by atoms with van der Waals surface area (Å²) >= 11 is 1.60. The second kappa shape index (κ2) is 7.94. The Balaban J connectivity index is 2.89. The average molecular weight is 295 g/mol. The van der Waals surface area contributed by atoms with Crippen LogP contribution >= 0.6 is 11.8 Å². The van der Waals surface area contributed by atoms with E-state index in [-0.39, 0.29) is 11.8 Å². The van der Waals surface area contributed by atoms with Gasteiger partial charge in [0.25, 0.3) is 0 Å². The fourth-order valence-electron chi connectivity index (χ4n) is 1.92. The fraction of sp³-hybridized carbons (Fsp3) is 0.467. The molecule has 1 aromatic carbocycles. The summed E-state index contributed by atoms with van der Waals surface area (Å²) in [5, 5.41) is 12.1. The Bertz CT molecular complexity index is 450. The van der Waals surface area contributed by atoms with Crippen molar-refractivity contribution in [2.75, 3.05) is 12.0 Å². The lowest BCUT2D eigenvalue weighted by Crippen LogP contribution is -2.38. The van der Waals surface area contributed by atoms with E-state index in [4.69, 9.17) is 0 Å². The van der Waals surface area contributed by atoms with Gasteiger partial charge >= 0.3 is 5.97 Å². The average Bonchev–Trinajstić information content (AvgIpc) is 2.44. The highest BCUT2D eigenvalue weighted by Crippen LogP contribution is 2.23. The third kappa shape index (κ3) is 4.56. The smallest absolute Gasteiger partial charge is 0.308 e. The van der Waals surface area contributed by atoms with Crippen molar-refractivity contribution in [3.8, 4) is 0 Å². The van der Waals surface area contributed by atoms with Crippen molar-refractivity contribution >= 4 is 23.6 Å². The van der Waals surface area contributed by atoms with Crippen LogP contribution < -0.4 is 5.32 Å². The topological polar surface area (TPSA) is 66.4 Å². The van der Waals surface area contributed by atoms with Crippen molar-refractivity contribution < 1.29 is 14.7 Å². The van der Waals surface area contributed by atoms with E-state index in [9.17, 15) is 14.7 Å². The number of carboxylic acid groups (broad SMARTS) is 1. The molecule has 110 valence electrons. The zero-order valence-electron chi connectivity index (χ0n) is 12.0. The maximum absolute atomic E-state index is 12.1. The Morgan fingerprint density at radius 3 is 2.35 bits per heavy atom. The van der Waals surface area contributed by atoms with Crippen LogP contribution in [0.2, 0.25) is 0 Å². The fourth-order valence-corrected chi connectivity index (χ4v) is 2.57. The SMILES string of the molecule is CSCC(C)C(=O)NC(c1ccccc1)C(C)C(=O)O. The maximum atomic E-state index is 12.1.